The lowest BCUT2D eigenvalue weighted by atomic mass is 10.2. The van der Waals surface area contributed by atoms with Crippen molar-refractivity contribution in [3.8, 4) is 11.6 Å². The molecule has 0 spiro atoms. The van der Waals surface area contributed by atoms with Crippen LogP contribution in [0.25, 0.3) is 0 Å². The summed E-state index contributed by atoms with van der Waals surface area (Å²) in [6.07, 6.45) is -3.37. The van der Waals surface area contributed by atoms with Gasteiger partial charge in [-0.2, -0.15) is 18.2 Å². The summed E-state index contributed by atoms with van der Waals surface area (Å²) in [7, 11) is 5.53. The lowest BCUT2D eigenvalue weighted by Crippen LogP contribution is -2.35. The molecular weight excluding hydrogens is 302 g/mol. The highest BCUT2D eigenvalue weighted by Crippen LogP contribution is 2.34. The number of benzene rings is 1. The fourth-order valence-electron chi connectivity index (χ4n) is 1.62. The van der Waals surface area contributed by atoms with Crippen LogP contribution in [0.2, 0.25) is 0 Å². The first-order valence-electron chi connectivity index (χ1n) is 6.26. The second-order valence-corrected chi connectivity index (χ2v) is 5.47. The van der Waals surface area contributed by atoms with Gasteiger partial charge < -0.3 is 4.74 Å². The van der Waals surface area contributed by atoms with E-state index in [2.05, 4.69) is 9.97 Å². The van der Waals surface area contributed by atoms with E-state index in [0.29, 0.717) is 28.5 Å². The quantitative estimate of drug-likeness (QED) is 0.641. The number of alkyl halides is 3. The summed E-state index contributed by atoms with van der Waals surface area (Å²) in [4.78, 5) is 7.83. The third-order valence-electron chi connectivity index (χ3n) is 2.79. The molecule has 118 valence electrons. The summed E-state index contributed by atoms with van der Waals surface area (Å²) >= 11 is 0. The largest absolute Gasteiger partial charge is 0.436 e. The van der Waals surface area contributed by atoms with Crippen LogP contribution in [0.15, 0.2) is 30.6 Å². The number of hydrogen-bond acceptors (Lipinski definition) is 3. The van der Waals surface area contributed by atoms with E-state index in [4.69, 9.17) is 4.74 Å². The van der Waals surface area contributed by atoms with Gasteiger partial charge in [-0.1, -0.05) is 0 Å². The summed E-state index contributed by atoms with van der Waals surface area (Å²) in [6, 6.07) is 3.41. The molecule has 1 aromatic heterocycles. The highest BCUT2D eigenvalue weighted by atomic mass is 19.4. The molecule has 22 heavy (non-hydrogen) atoms. The zero-order valence-electron chi connectivity index (χ0n) is 12.1. The smallest absolute Gasteiger partial charge is 0.416 e. The van der Waals surface area contributed by atoms with E-state index in [0.717, 1.165) is 0 Å². The van der Waals surface area contributed by atoms with Crippen molar-refractivity contribution < 1.29 is 22.3 Å². The summed E-state index contributed by atoms with van der Waals surface area (Å²) in [5.41, 5.74) is -0.996. The van der Waals surface area contributed by atoms with Crippen LogP contribution in [0, 0.1) is 5.82 Å². The van der Waals surface area contributed by atoms with Crippen LogP contribution in [-0.4, -0.2) is 31.1 Å². The molecule has 0 unspecified atom stereocenters. The topological polar surface area (TPSA) is 35.0 Å². The van der Waals surface area contributed by atoms with Crippen LogP contribution in [0.5, 0.6) is 11.6 Å². The first kappa shape index (κ1) is 16.2. The maximum absolute atomic E-state index is 13.6. The summed E-state index contributed by atoms with van der Waals surface area (Å²) in [6.45, 7) is 0. The van der Waals surface area contributed by atoms with Gasteiger partial charge in [0.15, 0.2) is 11.6 Å². The SMILES string of the molecule is C[N+](C)(C)c1cc(Oc2cc(C(F)(F)F)ccc2F)ncn1. The van der Waals surface area contributed by atoms with Crippen molar-refractivity contribution >= 4 is 5.82 Å². The fraction of sp³-hybridized carbons (Fsp3) is 0.286. The lowest BCUT2D eigenvalue weighted by molar-refractivity contribution is -0.137. The van der Waals surface area contributed by atoms with E-state index in [1.54, 1.807) is 0 Å². The lowest BCUT2D eigenvalue weighted by Gasteiger charge is -2.21. The Morgan fingerprint density at radius 3 is 2.32 bits per heavy atom. The summed E-state index contributed by atoms with van der Waals surface area (Å²) in [5, 5.41) is 0. The minimum absolute atomic E-state index is 0.0312. The Hall–Kier alpha value is -2.22. The van der Waals surface area contributed by atoms with Crippen molar-refractivity contribution in [2.24, 2.45) is 0 Å². The molecule has 2 aromatic rings. The first-order chi connectivity index (χ1) is 10.1. The van der Waals surface area contributed by atoms with Crippen molar-refractivity contribution in [3.63, 3.8) is 0 Å². The molecule has 0 amide bonds. The normalized spacial score (nSPS) is 12.3. The van der Waals surface area contributed by atoms with Crippen LogP contribution < -0.4 is 9.22 Å². The van der Waals surface area contributed by atoms with Crippen LogP contribution in [-0.2, 0) is 6.18 Å². The van der Waals surface area contributed by atoms with Crippen molar-refractivity contribution in [2.75, 3.05) is 21.1 Å². The number of nitrogens with zero attached hydrogens (tertiary/aromatic N) is 3. The van der Waals surface area contributed by atoms with Crippen molar-refractivity contribution in [3.05, 3.63) is 42.0 Å². The highest BCUT2D eigenvalue weighted by Gasteiger charge is 2.31. The molecule has 1 heterocycles. The zero-order valence-corrected chi connectivity index (χ0v) is 12.1. The molecule has 0 saturated heterocycles. The maximum atomic E-state index is 13.6. The number of ether oxygens (including phenoxy) is 1. The highest BCUT2D eigenvalue weighted by molar-refractivity contribution is 5.39. The Balaban J connectivity index is 2.35. The van der Waals surface area contributed by atoms with E-state index in [9.17, 15) is 17.6 Å². The second kappa shape index (κ2) is 5.53. The number of aromatic nitrogens is 2. The van der Waals surface area contributed by atoms with Gasteiger partial charge in [-0.3, -0.25) is 4.48 Å². The van der Waals surface area contributed by atoms with Crippen LogP contribution in [0.4, 0.5) is 23.4 Å². The van der Waals surface area contributed by atoms with Gasteiger partial charge in [0.25, 0.3) is 0 Å². The minimum atomic E-state index is -4.58. The monoisotopic (exact) mass is 316 g/mol. The van der Waals surface area contributed by atoms with E-state index in [1.165, 1.54) is 12.4 Å². The number of halogens is 4. The number of rotatable bonds is 3. The standard InChI is InChI=1S/C14H14F4N3O/c1-21(2,3)12-7-13(20-8-19-12)22-11-6-9(14(16,17)18)4-5-10(11)15/h4-8H,1-3H3/q+1. The summed E-state index contributed by atoms with van der Waals surface area (Å²) < 4.78 is 57.1. The minimum Gasteiger partial charge on any atom is -0.436 e. The molecule has 0 aliphatic rings. The fourth-order valence-corrected chi connectivity index (χ4v) is 1.62. The van der Waals surface area contributed by atoms with E-state index < -0.39 is 23.3 Å². The third-order valence-corrected chi connectivity index (χ3v) is 2.79. The van der Waals surface area contributed by atoms with Gasteiger partial charge in [-0.15, -0.1) is 0 Å². The first-order valence-corrected chi connectivity index (χ1v) is 6.26. The Morgan fingerprint density at radius 1 is 1.05 bits per heavy atom. The predicted molar refractivity (Wildman–Crippen MR) is 73.1 cm³/mol. The molecule has 2 rings (SSSR count). The molecule has 0 aliphatic heterocycles. The Morgan fingerprint density at radius 2 is 1.73 bits per heavy atom. The van der Waals surface area contributed by atoms with Gasteiger partial charge in [-0.25, -0.2) is 9.37 Å². The van der Waals surface area contributed by atoms with Crippen LogP contribution in [0.1, 0.15) is 5.56 Å². The van der Waals surface area contributed by atoms with Gasteiger partial charge in [0.05, 0.1) is 32.8 Å². The molecule has 4 nitrogen and oxygen atoms in total. The Bertz CT molecular complexity index is 681. The molecule has 0 saturated carbocycles. The van der Waals surface area contributed by atoms with Gasteiger partial charge in [0.2, 0.25) is 11.7 Å². The predicted octanol–water partition coefficient (Wildman–Crippen LogP) is 3.62. The van der Waals surface area contributed by atoms with Crippen molar-refractivity contribution in [2.45, 2.75) is 6.18 Å². The maximum Gasteiger partial charge on any atom is 0.416 e. The van der Waals surface area contributed by atoms with Gasteiger partial charge in [-0.05, 0) is 18.2 Å². The molecular formula is C14H14F4N3O+. The molecule has 0 atom stereocenters. The third kappa shape index (κ3) is 3.70. The van der Waals surface area contributed by atoms with E-state index in [1.807, 2.05) is 21.1 Å². The average molecular weight is 316 g/mol. The van der Waals surface area contributed by atoms with Crippen LogP contribution >= 0.6 is 0 Å². The van der Waals surface area contributed by atoms with Gasteiger partial charge in [0.1, 0.15) is 6.33 Å². The Kier molecular flexibility index (Phi) is 4.06. The van der Waals surface area contributed by atoms with E-state index in [-0.39, 0.29) is 5.88 Å². The van der Waals surface area contributed by atoms with E-state index >= 15 is 0 Å². The molecule has 0 radical (unpaired) electrons. The molecule has 1 aromatic carbocycles. The van der Waals surface area contributed by atoms with Gasteiger partial charge in [0, 0.05) is 0 Å². The number of quaternary nitrogens is 1. The van der Waals surface area contributed by atoms with Gasteiger partial charge >= 0.3 is 6.18 Å². The second-order valence-electron chi connectivity index (χ2n) is 5.47. The Labute approximate surface area is 124 Å². The molecule has 0 N–H and O–H groups in total. The van der Waals surface area contributed by atoms with Crippen LogP contribution in [0.3, 0.4) is 0 Å². The molecule has 0 aliphatic carbocycles. The molecule has 0 fully saturated rings. The molecule has 8 heteroatoms. The van der Waals surface area contributed by atoms with Crippen molar-refractivity contribution in [1.29, 1.82) is 0 Å². The number of hydrogen-bond donors (Lipinski definition) is 0. The average Bonchev–Trinajstić information content (AvgIpc) is 2.39. The molecule has 0 bridgehead atoms. The zero-order chi connectivity index (χ0) is 16.5. The summed E-state index contributed by atoms with van der Waals surface area (Å²) in [5.74, 6) is -0.909. The van der Waals surface area contributed by atoms with Crippen molar-refractivity contribution in [1.82, 2.24) is 14.5 Å².